The summed E-state index contributed by atoms with van der Waals surface area (Å²) >= 11 is 0. The minimum atomic E-state index is -0.0252. The first-order chi connectivity index (χ1) is 9.91. The number of methoxy groups -OCH3 is 1. The lowest BCUT2D eigenvalue weighted by atomic mass is 9.92. The highest BCUT2D eigenvalue weighted by Gasteiger charge is 2.19. The Hall–Kier alpha value is -2.01. The molecule has 114 valence electrons. The first-order valence-corrected chi connectivity index (χ1v) is 7.00. The van der Waals surface area contributed by atoms with Crippen LogP contribution in [0.25, 0.3) is 5.69 Å². The molecule has 2 aromatic rings. The van der Waals surface area contributed by atoms with Crippen molar-refractivity contribution in [2.24, 2.45) is 0 Å². The standard InChI is InChI=1S/C16H23N3O2/c1-16(2,3)14-11-15(17)19(18-14)12-5-7-13(8-6-12)21-10-9-20-4/h5-8,11H,9-10,17H2,1-4H3. The minimum Gasteiger partial charge on any atom is -0.491 e. The van der Waals surface area contributed by atoms with Crippen LogP contribution in [0.5, 0.6) is 5.75 Å². The number of hydrogen-bond donors (Lipinski definition) is 1. The van der Waals surface area contributed by atoms with Gasteiger partial charge in [0.1, 0.15) is 18.2 Å². The molecule has 0 saturated heterocycles. The first-order valence-electron chi connectivity index (χ1n) is 7.00. The molecule has 0 fully saturated rings. The lowest BCUT2D eigenvalue weighted by Crippen LogP contribution is -2.12. The number of nitrogens with two attached hydrogens (primary N) is 1. The second-order valence-corrected chi connectivity index (χ2v) is 5.95. The first kappa shape index (κ1) is 15.4. The fraction of sp³-hybridized carbons (Fsp3) is 0.438. The van der Waals surface area contributed by atoms with Crippen LogP contribution < -0.4 is 10.5 Å². The quantitative estimate of drug-likeness (QED) is 0.860. The van der Waals surface area contributed by atoms with Crippen LogP contribution in [0.4, 0.5) is 5.82 Å². The molecule has 0 aliphatic heterocycles. The van der Waals surface area contributed by atoms with Gasteiger partial charge in [-0.3, -0.25) is 0 Å². The maximum Gasteiger partial charge on any atom is 0.127 e. The molecule has 5 heteroatoms. The summed E-state index contributed by atoms with van der Waals surface area (Å²) in [4.78, 5) is 0. The summed E-state index contributed by atoms with van der Waals surface area (Å²) in [6.07, 6.45) is 0. The van der Waals surface area contributed by atoms with Crippen LogP contribution in [0.15, 0.2) is 30.3 Å². The third-order valence-corrected chi connectivity index (χ3v) is 3.14. The third-order valence-electron chi connectivity index (χ3n) is 3.14. The van der Waals surface area contributed by atoms with Crippen molar-refractivity contribution in [1.29, 1.82) is 0 Å². The van der Waals surface area contributed by atoms with E-state index in [4.69, 9.17) is 15.2 Å². The smallest absolute Gasteiger partial charge is 0.127 e. The molecule has 1 heterocycles. The molecular formula is C16H23N3O2. The highest BCUT2D eigenvalue weighted by molar-refractivity contribution is 5.45. The topological polar surface area (TPSA) is 62.3 Å². The predicted octanol–water partition coefficient (Wildman–Crippen LogP) is 2.78. The van der Waals surface area contributed by atoms with E-state index in [-0.39, 0.29) is 5.41 Å². The molecule has 2 rings (SSSR count). The van der Waals surface area contributed by atoms with E-state index in [0.29, 0.717) is 19.0 Å². The molecule has 0 bridgehead atoms. The lowest BCUT2D eigenvalue weighted by Gasteiger charge is -2.14. The van der Waals surface area contributed by atoms with E-state index in [2.05, 4.69) is 25.9 Å². The number of benzene rings is 1. The molecule has 0 saturated carbocycles. The summed E-state index contributed by atoms with van der Waals surface area (Å²) in [5.74, 6) is 1.44. The minimum absolute atomic E-state index is 0.0252. The zero-order valence-corrected chi connectivity index (χ0v) is 13.1. The maximum atomic E-state index is 6.06. The zero-order valence-electron chi connectivity index (χ0n) is 13.1. The van der Waals surface area contributed by atoms with Gasteiger partial charge in [-0.25, -0.2) is 4.68 Å². The van der Waals surface area contributed by atoms with Gasteiger partial charge >= 0.3 is 0 Å². The summed E-state index contributed by atoms with van der Waals surface area (Å²) in [6, 6.07) is 9.62. The van der Waals surface area contributed by atoms with Crippen molar-refractivity contribution in [3.63, 3.8) is 0 Å². The summed E-state index contributed by atoms with van der Waals surface area (Å²) < 4.78 is 12.2. The van der Waals surface area contributed by atoms with Crippen molar-refractivity contribution >= 4 is 5.82 Å². The maximum absolute atomic E-state index is 6.06. The lowest BCUT2D eigenvalue weighted by molar-refractivity contribution is 0.146. The summed E-state index contributed by atoms with van der Waals surface area (Å²) in [5.41, 5.74) is 7.93. The SMILES string of the molecule is COCCOc1ccc(-n2nc(C(C)(C)C)cc2N)cc1. The van der Waals surface area contributed by atoms with Gasteiger partial charge in [-0.2, -0.15) is 5.10 Å². The molecule has 0 atom stereocenters. The van der Waals surface area contributed by atoms with Gasteiger partial charge in [0.15, 0.2) is 0 Å². The molecule has 1 aromatic heterocycles. The van der Waals surface area contributed by atoms with Gasteiger partial charge in [-0.1, -0.05) is 20.8 Å². The van der Waals surface area contributed by atoms with Crippen LogP contribution in [0.2, 0.25) is 0 Å². The zero-order chi connectivity index (χ0) is 15.5. The number of aromatic nitrogens is 2. The summed E-state index contributed by atoms with van der Waals surface area (Å²) in [6.45, 7) is 7.46. The molecule has 0 aliphatic rings. The largest absolute Gasteiger partial charge is 0.491 e. The molecule has 21 heavy (non-hydrogen) atoms. The molecule has 0 unspecified atom stereocenters. The average molecular weight is 289 g/mol. The predicted molar refractivity (Wildman–Crippen MR) is 84.0 cm³/mol. The Balaban J connectivity index is 2.17. The second kappa shape index (κ2) is 6.18. The Labute approximate surface area is 125 Å². The second-order valence-electron chi connectivity index (χ2n) is 5.95. The van der Waals surface area contributed by atoms with Gasteiger partial charge in [0, 0.05) is 18.6 Å². The van der Waals surface area contributed by atoms with Crippen LogP contribution in [-0.2, 0) is 10.2 Å². The average Bonchev–Trinajstić information content (AvgIpc) is 2.82. The Morgan fingerprint density at radius 3 is 2.33 bits per heavy atom. The van der Waals surface area contributed by atoms with E-state index in [1.165, 1.54) is 0 Å². The summed E-state index contributed by atoms with van der Waals surface area (Å²) in [5, 5.41) is 4.59. The van der Waals surface area contributed by atoms with Crippen molar-refractivity contribution in [3.8, 4) is 11.4 Å². The van der Waals surface area contributed by atoms with E-state index in [9.17, 15) is 0 Å². The van der Waals surface area contributed by atoms with Crippen LogP contribution in [-0.4, -0.2) is 30.1 Å². The fourth-order valence-electron chi connectivity index (χ4n) is 1.90. The van der Waals surface area contributed by atoms with Gasteiger partial charge in [-0.15, -0.1) is 0 Å². The van der Waals surface area contributed by atoms with Crippen LogP contribution in [0.3, 0.4) is 0 Å². The Bertz CT molecular complexity index is 583. The van der Waals surface area contributed by atoms with Gasteiger partial charge in [0.2, 0.25) is 0 Å². The van der Waals surface area contributed by atoms with E-state index < -0.39 is 0 Å². The number of nitrogen functional groups attached to an aromatic ring is 1. The number of nitrogens with zero attached hydrogens (tertiary/aromatic N) is 2. The number of anilines is 1. The third kappa shape index (κ3) is 3.76. The molecule has 2 N–H and O–H groups in total. The molecule has 0 radical (unpaired) electrons. The van der Waals surface area contributed by atoms with E-state index in [1.54, 1.807) is 11.8 Å². The van der Waals surface area contributed by atoms with Crippen LogP contribution in [0, 0.1) is 0 Å². The molecule has 0 spiro atoms. The van der Waals surface area contributed by atoms with Gasteiger partial charge < -0.3 is 15.2 Å². The Kier molecular flexibility index (Phi) is 4.53. The van der Waals surface area contributed by atoms with E-state index >= 15 is 0 Å². The van der Waals surface area contributed by atoms with Gasteiger partial charge in [-0.05, 0) is 24.3 Å². The molecule has 0 aliphatic carbocycles. The Morgan fingerprint density at radius 1 is 1.14 bits per heavy atom. The molecule has 1 aromatic carbocycles. The normalized spacial score (nSPS) is 11.6. The van der Waals surface area contributed by atoms with Crippen molar-refractivity contribution in [3.05, 3.63) is 36.0 Å². The van der Waals surface area contributed by atoms with Crippen molar-refractivity contribution in [2.45, 2.75) is 26.2 Å². The van der Waals surface area contributed by atoms with Crippen LogP contribution in [0.1, 0.15) is 26.5 Å². The van der Waals surface area contributed by atoms with Gasteiger partial charge in [0.05, 0.1) is 18.0 Å². The fourth-order valence-corrected chi connectivity index (χ4v) is 1.90. The van der Waals surface area contributed by atoms with Crippen molar-refractivity contribution in [2.75, 3.05) is 26.1 Å². The van der Waals surface area contributed by atoms with E-state index in [0.717, 1.165) is 17.1 Å². The highest BCUT2D eigenvalue weighted by Crippen LogP contribution is 2.25. The van der Waals surface area contributed by atoms with Crippen molar-refractivity contribution < 1.29 is 9.47 Å². The molecular weight excluding hydrogens is 266 g/mol. The molecule has 5 nitrogen and oxygen atoms in total. The van der Waals surface area contributed by atoms with Crippen molar-refractivity contribution in [1.82, 2.24) is 9.78 Å². The monoisotopic (exact) mass is 289 g/mol. The Morgan fingerprint density at radius 2 is 1.81 bits per heavy atom. The van der Waals surface area contributed by atoms with E-state index in [1.807, 2.05) is 30.3 Å². The molecule has 0 amide bonds. The highest BCUT2D eigenvalue weighted by atomic mass is 16.5. The summed E-state index contributed by atoms with van der Waals surface area (Å²) in [7, 11) is 1.65. The number of rotatable bonds is 5. The number of ether oxygens (including phenoxy) is 2. The van der Waals surface area contributed by atoms with Crippen LogP contribution >= 0.6 is 0 Å². The number of hydrogen-bond acceptors (Lipinski definition) is 4. The van der Waals surface area contributed by atoms with Gasteiger partial charge in [0.25, 0.3) is 0 Å².